The van der Waals surface area contributed by atoms with Crippen LogP contribution < -0.4 is 5.32 Å². The highest BCUT2D eigenvalue weighted by atomic mass is 32.2. The molecule has 1 saturated heterocycles. The SMILES string of the molecule is CC(=O)NC1C(OCc2ccccc2)OC(COS(C)(=O)=O)C(OS(C)(=O)=O)C1OS(C)(=O)=O. The van der Waals surface area contributed by atoms with Crippen molar-refractivity contribution in [2.75, 3.05) is 25.4 Å². The van der Waals surface area contributed by atoms with Crippen LogP contribution in [0.2, 0.25) is 0 Å². The summed E-state index contributed by atoms with van der Waals surface area (Å²) >= 11 is 0. The third-order valence-electron chi connectivity index (χ3n) is 4.29. The Morgan fingerprint density at radius 1 is 0.912 bits per heavy atom. The molecule has 194 valence electrons. The number of amides is 1. The Balaban J connectivity index is 2.49. The fraction of sp³-hybridized carbons (Fsp3) is 0.611. The lowest BCUT2D eigenvalue weighted by atomic mass is 9.97. The van der Waals surface area contributed by atoms with E-state index < -0.39 is 73.5 Å². The van der Waals surface area contributed by atoms with Crippen LogP contribution in [0, 0.1) is 0 Å². The summed E-state index contributed by atoms with van der Waals surface area (Å²) in [7, 11) is -12.5. The Kier molecular flexibility index (Phi) is 9.57. The fourth-order valence-electron chi connectivity index (χ4n) is 3.15. The van der Waals surface area contributed by atoms with Gasteiger partial charge in [0.15, 0.2) is 6.29 Å². The summed E-state index contributed by atoms with van der Waals surface area (Å²) in [6.07, 6.45) is -4.12. The van der Waals surface area contributed by atoms with Crippen molar-refractivity contribution in [3.05, 3.63) is 35.9 Å². The molecule has 1 aromatic rings. The van der Waals surface area contributed by atoms with Crippen LogP contribution in [0.3, 0.4) is 0 Å². The minimum atomic E-state index is -4.24. The maximum atomic E-state index is 12.0. The second-order valence-corrected chi connectivity index (χ2v) is 12.4. The van der Waals surface area contributed by atoms with Crippen LogP contribution in [0.4, 0.5) is 0 Å². The molecule has 5 atom stereocenters. The zero-order valence-corrected chi connectivity index (χ0v) is 21.3. The number of nitrogens with one attached hydrogen (secondary N) is 1. The molecule has 2 rings (SSSR count). The van der Waals surface area contributed by atoms with Crippen molar-refractivity contribution in [3.8, 4) is 0 Å². The van der Waals surface area contributed by atoms with Crippen LogP contribution in [0.25, 0.3) is 0 Å². The van der Waals surface area contributed by atoms with E-state index in [1.54, 1.807) is 30.3 Å². The Morgan fingerprint density at radius 2 is 1.47 bits per heavy atom. The average Bonchev–Trinajstić information content (AvgIpc) is 2.66. The monoisotopic (exact) mass is 545 g/mol. The van der Waals surface area contributed by atoms with E-state index in [9.17, 15) is 30.0 Å². The Hall–Kier alpha value is -1.66. The molecular weight excluding hydrogens is 518 g/mol. The average molecular weight is 546 g/mol. The van der Waals surface area contributed by atoms with Crippen LogP contribution in [0.5, 0.6) is 0 Å². The summed E-state index contributed by atoms with van der Waals surface area (Å²) in [4.78, 5) is 11.9. The smallest absolute Gasteiger partial charge is 0.264 e. The summed E-state index contributed by atoms with van der Waals surface area (Å²) in [5, 5.41) is 2.44. The molecule has 16 heteroatoms. The van der Waals surface area contributed by atoms with Crippen molar-refractivity contribution in [1.82, 2.24) is 5.32 Å². The molecule has 1 amide bonds. The van der Waals surface area contributed by atoms with Crippen molar-refractivity contribution in [2.45, 2.75) is 44.2 Å². The lowest BCUT2D eigenvalue weighted by Gasteiger charge is -2.44. The molecule has 5 unspecified atom stereocenters. The van der Waals surface area contributed by atoms with Gasteiger partial charge >= 0.3 is 0 Å². The van der Waals surface area contributed by atoms with E-state index in [0.717, 1.165) is 13.2 Å². The van der Waals surface area contributed by atoms with Gasteiger partial charge in [0, 0.05) is 6.92 Å². The molecule has 1 aromatic carbocycles. The van der Waals surface area contributed by atoms with E-state index in [-0.39, 0.29) is 6.61 Å². The lowest BCUT2D eigenvalue weighted by molar-refractivity contribution is -0.262. The van der Waals surface area contributed by atoms with E-state index in [0.29, 0.717) is 18.1 Å². The normalized spacial score (nSPS) is 26.2. The van der Waals surface area contributed by atoms with Gasteiger partial charge in [-0.1, -0.05) is 30.3 Å². The minimum absolute atomic E-state index is 0.0512. The van der Waals surface area contributed by atoms with Crippen LogP contribution in [0.1, 0.15) is 12.5 Å². The molecule has 0 aromatic heterocycles. The van der Waals surface area contributed by atoms with Gasteiger partial charge in [-0.2, -0.15) is 25.3 Å². The molecule has 1 aliphatic heterocycles. The van der Waals surface area contributed by atoms with E-state index >= 15 is 0 Å². The van der Waals surface area contributed by atoms with Crippen LogP contribution in [-0.2, 0) is 63.8 Å². The van der Waals surface area contributed by atoms with Crippen molar-refractivity contribution < 1.29 is 52.1 Å². The zero-order chi connectivity index (χ0) is 25.7. The molecular formula is C18H27NO12S3. The standard InChI is InChI=1S/C18H27NO12S3/c1-12(20)19-15-17(31-34(4,25)26)16(30-33(3,23)24)14(11-28-32(2,21)22)29-18(15)27-10-13-8-6-5-7-9-13/h5-9,14-18H,10-11H2,1-4H3,(H,19,20). The van der Waals surface area contributed by atoms with Crippen LogP contribution in [-0.4, -0.2) is 87.2 Å². The number of hydrogen-bond acceptors (Lipinski definition) is 12. The Labute approximate surface area is 199 Å². The Morgan fingerprint density at radius 3 is 1.97 bits per heavy atom. The first-order valence-electron chi connectivity index (χ1n) is 9.73. The number of ether oxygens (including phenoxy) is 2. The van der Waals surface area contributed by atoms with Gasteiger partial charge in [0.05, 0.1) is 32.0 Å². The number of benzene rings is 1. The van der Waals surface area contributed by atoms with Gasteiger partial charge in [0.25, 0.3) is 30.4 Å². The minimum Gasteiger partial charge on any atom is -0.346 e. The highest BCUT2D eigenvalue weighted by Crippen LogP contribution is 2.30. The topological polar surface area (TPSA) is 178 Å². The quantitative estimate of drug-likeness (QED) is 0.339. The first kappa shape index (κ1) is 28.6. The first-order chi connectivity index (χ1) is 15.5. The maximum Gasteiger partial charge on any atom is 0.264 e. The highest BCUT2D eigenvalue weighted by molar-refractivity contribution is 7.86. The van der Waals surface area contributed by atoms with Gasteiger partial charge in [-0.15, -0.1) is 0 Å². The molecule has 0 radical (unpaired) electrons. The predicted molar refractivity (Wildman–Crippen MR) is 118 cm³/mol. The van der Waals surface area contributed by atoms with Crippen LogP contribution in [0.15, 0.2) is 30.3 Å². The van der Waals surface area contributed by atoms with Gasteiger partial charge in [-0.25, -0.2) is 0 Å². The summed E-state index contributed by atoms with van der Waals surface area (Å²) in [6, 6.07) is 7.39. The largest absolute Gasteiger partial charge is 0.346 e. The molecule has 13 nitrogen and oxygen atoms in total. The molecule has 0 spiro atoms. The van der Waals surface area contributed by atoms with Crippen molar-refractivity contribution in [1.29, 1.82) is 0 Å². The Bertz CT molecular complexity index is 1150. The van der Waals surface area contributed by atoms with Gasteiger partial charge in [0.2, 0.25) is 5.91 Å². The third kappa shape index (κ3) is 9.91. The third-order valence-corrected chi connectivity index (χ3v) is 6.00. The lowest BCUT2D eigenvalue weighted by Crippen LogP contribution is -2.66. The van der Waals surface area contributed by atoms with Gasteiger partial charge in [0.1, 0.15) is 24.4 Å². The molecule has 1 N–H and O–H groups in total. The van der Waals surface area contributed by atoms with E-state index in [4.69, 9.17) is 22.0 Å². The molecule has 1 heterocycles. The molecule has 0 saturated carbocycles. The summed E-state index contributed by atoms with van der Waals surface area (Å²) < 4.78 is 97.2. The molecule has 1 fully saturated rings. The van der Waals surface area contributed by atoms with E-state index in [1.807, 2.05) is 0 Å². The highest BCUT2D eigenvalue weighted by Gasteiger charge is 2.51. The maximum absolute atomic E-state index is 12.0. The number of carbonyl (C=O) groups excluding carboxylic acids is 1. The van der Waals surface area contributed by atoms with E-state index in [1.165, 1.54) is 0 Å². The first-order valence-corrected chi connectivity index (χ1v) is 15.2. The van der Waals surface area contributed by atoms with Crippen molar-refractivity contribution in [2.24, 2.45) is 0 Å². The molecule has 0 bridgehead atoms. The second kappa shape index (κ2) is 11.4. The zero-order valence-electron chi connectivity index (χ0n) is 18.8. The molecule has 0 aliphatic carbocycles. The molecule has 1 aliphatic rings. The predicted octanol–water partition coefficient (Wildman–Crippen LogP) is -0.901. The summed E-state index contributed by atoms with van der Waals surface area (Å²) in [5.41, 5.74) is 0.701. The van der Waals surface area contributed by atoms with Crippen molar-refractivity contribution >= 4 is 36.3 Å². The number of rotatable bonds is 11. The van der Waals surface area contributed by atoms with E-state index in [2.05, 4.69) is 5.32 Å². The fourth-order valence-corrected chi connectivity index (χ4v) is 4.80. The summed E-state index contributed by atoms with van der Waals surface area (Å²) in [6.45, 7) is 0.335. The van der Waals surface area contributed by atoms with Gasteiger partial charge in [-0.3, -0.25) is 17.3 Å². The van der Waals surface area contributed by atoms with Gasteiger partial charge < -0.3 is 14.8 Å². The summed E-state index contributed by atoms with van der Waals surface area (Å²) in [5.74, 6) is -0.632. The van der Waals surface area contributed by atoms with Crippen molar-refractivity contribution in [3.63, 3.8) is 0 Å². The van der Waals surface area contributed by atoms with Gasteiger partial charge in [-0.05, 0) is 5.56 Å². The number of carbonyl (C=O) groups is 1. The second-order valence-electron chi connectivity index (χ2n) is 7.58. The van der Waals surface area contributed by atoms with Crippen LogP contribution >= 0.6 is 0 Å². The molecule has 34 heavy (non-hydrogen) atoms. The number of hydrogen-bond donors (Lipinski definition) is 1.